The number of hydrogen-bond acceptors (Lipinski definition) is 3. The Kier molecular flexibility index (Phi) is 3.47. The highest BCUT2D eigenvalue weighted by atomic mass is 32.2. The van der Waals surface area contributed by atoms with E-state index in [1.54, 1.807) is 18.2 Å². The van der Waals surface area contributed by atoms with Crippen molar-refractivity contribution < 1.29 is 8.42 Å². The Labute approximate surface area is 125 Å². The van der Waals surface area contributed by atoms with Crippen LogP contribution in [0, 0.1) is 0 Å². The predicted molar refractivity (Wildman–Crippen MR) is 83.1 cm³/mol. The van der Waals surface area contributed by atoms with E-state index in [1.165, 1.54) is 4.31 Å². The van der Waals surface area contributed by atoms with Crippen LogP contribution in [0.1, 0.15) is 23.6 Å². The Balaban J connectivity index is 1.94. The van der Waals surface area contributed by atoms with Gasteiger partial charge in [-0.05, 0) is 35.2 Å². The van der Waals surface area contributed by atoms with Gasteiger partial charge in [0.1, 0.15) is 0 Å². The van der Waals surface area contributed by atoms with Crippen molar-refractivity contribution in [2.45, 2.75) is 31.3 Å². The minimum Gasteiger partial charge on any atom is -0.398 e. The molecule has 0 saturated heterocycles. The van der Waals surface area contributed by atoms with Gasteiger partial charge in [-0.2, -0.15) is 4.31 Å². The highest BCUT2D eigenvalue weighted by Crippen LogP contribution is 2.29. The molecule has 2 N–H and O–H groups in total. The van der Waals surface area contributed by atoms with Crippen LogP contribution in [-0.4, -0.2) is 12.7 Å². The van der Waals surface area contributed by atoms with Crippen LogP contribution in [0.5, 0.6) is 0 Å². The van der Waals surface area contributed by atoms with Crippen molar-refractivity contribution in [1.82, 2.24) is 4.31 Å². The van der Waals surface area contributed by atoms with E-state index in [2.05, 4.69) is 0 Å². The third-order valence-corrected chi connectivity index (χ3v) is 5.74. The quantitative estimate of drug-likeness (QED) is 0.886. The van der Waals surface area contributed by atoms with Crippen molar-refractivity contribution in [2.75, 3.05) is 5.73 Å². The van der Waals surface area contributed by atoms with E-state index in [4.69, 9.17) is 5.73 Å². The molecular formula is C16H18N2O2S. The molecule has 1 aliphatic rings. The summed E-state index contributed by atoms with van der Waals surface area (Å²) in [6.45, 7) is 2.85. The van der Waals surface area contributed by atoms with Gasteiger partial charge in [0, 0.05) is 18.8 Å². The Hall–Kier alpha value is -1.85. The van der Waals surface area contributed by atoms with Crippen molar-refractivity contribution in [3.63, 3.8) is 0 Å². The molecule has 0 radical (unpaired) electrons. The molecule has 1 heterocycles. The minimum absolute atomic E-state index is 0.269. The van der Waals surface area contributed by atoms with Crippen LogP contribution in [-0.2, 0) is 29.5 Å². The van der Waals surface area contributed by atoms with Crippen LogP contribution in [0.3, 0.4) is 0 Å². The molecule has 21 heavy (non-hydrogen) atoms. The summed E-state index contributed by atoms with van der Waals surface area (Å²) in [6, 6.07) is 12.8. The molecule has 0 aromatic heterocycles. The summed E-state index contributed by atoms with van der Waals surface area (Å²) in [6.07, 6.45) is 0.793. The molecule has 3 rings (SSSR count). The topological polar surface area (TPSA) is 63.4 Å². The van der Waals surface area contributed by atoms with Gasteiger partial charge >= 0.3 is 0 Å². The Bertz CT molecular complexity index is 760. The molecule has 0 aliphatic carbocycles. The number of hydrogen-bond donors (Lipinski definition) is 1. The molecule has 2 aromatic rings. The fourth-order valence-electron chi connectivity index (χ4n) is 2.68. The number of anilines is 1. The second kappa shape index (κ2) is 5.16. The van der Waals surface area contributed by atoms with Crippen LogP contribution in [0.2, 0.25) is 0 Å². The minimum atomic E-state index is -3.50. The molecule has 0 saturated carbocycles. The highest BCUT2D eigenvalue weighted by molar-refractivity contribution is 7.89. The van der Waals surface area contributed by atoms with Crippen LogP contribution >= 0.6 is 0 Å². The van der Waals surface area contributed by atoms with E-state index >= 15 is 0 Å². The first-order valence-corrected chi connectivity index (χ1v) is 8.41. The second-order valence-corrected chi connectivity index (χ2v) is 7.19. The summed E-state index contributed by atoms with van der Waals surface area (Å²) in [5.41, 5.74) is 9.57. The molecule has 4 nitrogen and oxygen atoms in total. The zero-order valence-corrected chi connectivity index (χ0v) is 12.7. The standard InChI is InChI=1S/C16H18N2O2S/c1-2-12-7-8-15(9-16(12)17)21(19,20)18-10-13-5-3-4-6-14(13)11-18/h3-9H,2,10-11,17H2,1H3. The number of fused-ring (bicyclic) bond motifs is 1. The van der Waals surface area contributed by atoms with Crippen LogP contribution in [0.15, 0.2) is 47.4 Å². The van der Waals surface area contributed by atoms with E-state index in [-0.39, 0.29) is 4.90 Å². The molecule has 0 amide bonds. The zero-order chi connectivity index (χ0) is 15.0. The molecular weight excluding hydrogens is 284 g/mol. The van der Waals surface area contributed by atoms with Gasteiger partial charge in [-0.1, -0.05) is 37.3 Å². The zero-order valence-electron chi connectivity index (χ0n) is 11.9. The first kappa shape index (κ1) is 14.1. The number of nitrogens with two attached hydrogens (primary N) is 1. The number of nitrogen functional groups attached to an aromatic ring is 1. The molecule has 0 bridgehead atoms. The number of sulfonamides is 1. The fourth-order valence-corrected chi connectivity index (χ4v) is 4.11. The summed E-state index contributed by atoms with van der Waals surface area (Å²) in [4.78, 5) is 0.269. The van der Waals surface area contributed by atoms with E-state index in [0.717, 1.165) is 23.1 Å². The van der Waals surface area contributed by atoms with Gasteiger partial charge < -0.3 is 5.73 Å². The number of rotatable bonds is 3. The third-order valence-electron chi connectivity index (χ3n) is 3.95. The van der Waals surface area contributed by atoms with Gasteiger partial charge in [0.15, 0.2) is 0 Å². The summed E-state index contributed by atoms with van der Waals surface area (Å²) in [5.74, 6) is 0. The SMILES string of the molecule is CCc1ccc(S(=O)(=O)N2Cc3ccccc3C2)cc1N. The van der Waals surface area contributed by atoms with Gasteiger partial charge in [0.05, 0.1) is 4.90 Å². The van der Waals surface area contributed by atoms with Crippen molar-refractivity contribution in [3.05, 3.63) is 59.2 Å². The van der Waals surface area contributed by atoms with E-state index in [1.807, 2.05) is 31.2 Å². The number of benzene rings is 2. The molecule has 1 aliphatic heterocycles. The lowest BCUT2D eigenvalue weighted by Gasteiger charge is -2.16. The first-order chi connectivity index (χ1) is 10.0. The normalized spacial score (nSPS) is 15.1. The van der Waals surface area contributed by atoms with Crippen molar-refractivity contribution in [1.29, 1.82) is 0 Å². The fraction of sp³-hybridized carbons (Fsp3) is 0.250. The highest BCUT2D eigenvalue weighted by Gasteiger charge is 2.30. The summed E-state index contributed by atoms with van der Waals surface area (Å²) in [5, 5.41) is 0. The molecule has 0 fully saturated rings. The molecule has 110 valence electrons. The number of aryl methyl sites for hydroxylation is 1. The van der Waals surface area contributed by atoms with Crippen LogP contribution in [0.25, 0.3) is 0 Å². The van der Waals surface area contributed by atoms with Gasteiger partial charge in [0.25, 0.3) is 0 Å². The van der Waals surface area contributed by atoms with Crippen LogP contribution < -0.4 is 5.73 Å². The second-order valence-electron chi connectivity index (χ2n) is 5.26. The van der Waals surface area contributed by atoms with Crippen molar-refractivity contribution in [3.8, 4) is 0 Å². The van der Waals surface area contributed by atoms with Gasteiger partial charge in [-0.3, -0.25) is 0 Å². The van der Waals surface area contributed by atoms with Crippen molar-refractivity contribution in [2.24, 2.45) is 0 Å². The van der Waals surface area contributed by atoms with Crippen LogP contribution in [0.4, 0.5) is 5.69 Å². The molecule has 0 atom stereocenters. The maximum absolute atomic E-state index is 12.7. The third kappa shape index (κ3) is 2.43. The maximum Gasteiger partial charge on any atom is 0.243 e. The van der Waals surface area contributed by atoms with E-state index in [9.17, 15) is 8.42 Å². The van der Waals surface area contributed by atoms with Gasteiger partial charge in [0.2, 0.25) is 10.0 Å². The Morgan fingerprint density at radius 3 is 2.24 bits per heavy atom. The monoisotopic (exact) mass is 302 g/mol. The lowest BCUT2D eigenvalue weighted by atomic mass is 10.1. The molecule has 0 spiro atoms. The van der Waals surface area contributed by atoms with Gasteiger partial charge in [-0.25, -0.2) is 8.42 Å². The first-order valence-electron chi connectivity index (χ1n) is 6.97. The number of nitrogens with zero attached hydrogens (tertiary/aromatic N) is 1. The average Bonchev–Trinajstić information content (AvgIpc) is 2.92. The van der Waals surface area contributed by atoms with Gasteiger partial charge in [-0.15, -0.1) is 0 Å². The predicted octanol–water partition coefficient (Wildman–Crippen LogP) is 2.54. The Morgan fingerprint density at radius 2 is 1.71 bits per heavy atom. The lowest BCUT2D eigenvalue weighted by molar-refractivity contribution is 0.431. The summed E-state index contributed by atoms with van der Waals surface area (Å²) in [7, 11) is -3.50. The molecule has 0 unspecified atom stereocenters. The lowest BCUT2D eigenvalue weighted by Crippen LogP contribution is -2.25. The summed E-state index contributed by atoms with van der Waals surface area (Å²) < 4.78 is 26.9. The largest absolute Gasteiger partial charge is 0.398 e. The van der Waals surface area contributed by atoms with E-state index < -0.39 is 10.0 Å². The average molecular weight is 302 g/mol. The smallest absolute Gasteiger partial charge is 0.243 e. The van der Waals surface area contributed by atoms with E-state index in [0.29, 0.717) is 18.8 Å². The molecule has 5 heteroatoms. The maximum atomic E-state index is 12.7. The van der Waals surface area contributed by atoms with Crippen molar-refractivity contribution >= 4 is 15.7 Å². The Morgan fingerprint density at radius 1 is 1.10 bits per heavy atom. The summed E-state index contributed by atoms with van der Waals surface area (Å²) >= 11 is 0. The molecule has 2 aromatic carbocycles.